The van der Waals surface area contributed by atoms with Gasteiger partial charge in [-0.05, 0) is 44.4 Å². The zero-order chi connectivity index (χ0) is 30.8. The Hall–Kier alpha value is -3.82. The van der Waals surface area contributed by atoms with Crippen LogP contribution in [0.5, 0.6) is 11.5 Å². The first-order chi connectivity index (χ1) is 20.1. The first-order valence-electron chi connectivity index (χ1n) is 14.3. The lowest BCUT2D eigenvalue weighted by Gasteiger charge is -2.20. The van der Waals surface area contributed by atoms with Crippen LogP contribution in [-0.2, 0) is 6.42 Å². The molecule has 3 rings (SSSR count). The van der Waals surface area contributed by atoms with E-state index >= 15 is 0 Å². The number of carbonyl (C=O) groups is 2. The van der Waals surface area contributed by atoms with Crippen LogP contribution in [0.1, 0.15) is 97.3 Å². The van der Waals surface area contributed by atoms with Crippen LogP contribution >= 0.6 is 12.2 Å². The number of Topliss-reactive ketones (excluding diaryl/α,β-unsaturated/α-hetero) is 1. The lowest BCUT2D eigenvalue weighted by molar-refractivity contribution is 0.0685. The van der Waals surface area contributed by atoms with Crippen LogP contribution in [0.4, 0.5) is 0 Å². The summed E-state index contributed by atoms with van der Waals surface area (Å²) in [6.07, 6.45) is 13.2. The molecule has 0 amide bonds. The van der Waals surface area contributed by atoms with Gasteiger partial charge in [0, 0.05) is 16.8 Å². The van der Waals surface area contributed by atoms with E-state index in [0.717, 1.165) is 12.8 Å². The van der Waals surface area contributed by atoms with Crippen molar-refractivity contribution < 1.29 is 34.1 Å². The quantitative estimate of drug-likeness (QED) is 0.116. The number of carboxylic acids is 1. The van der Waals surface area contributed by atoms with Crippen molar-refractivity contribution in [3.63, 3.8) is 0 Å². The van der Waals surface area contributed by atoms with Gasteiger partial charge >= 0.3 is 5.97 Å². The van der Waals surface area contributed by atoms with Crippen molar-refractivity contribution in [2.75, 3.05) is 6.61 Å². The molecule has 9 heteroatoms. The van der Waals surface area contributed by atoms with Crippen LogP contribution in [0.25, 0.3) is 12.2 Å². The summed E-state index contributed by atoms with van der Waals surface area (Å²) in [6, 6.07) is 3.25. The fraction of sp³-hybridized carbons (Fsp3) is 0.394. The molecule has 0 unspecified atom stereocenters. The summed E-state index contributed by atoms with van der Waals surface area (Å²) < 4.78 is 11.8. The molecule has 2 atom stereocenters. The van der Waals surface area contributed by atoms with E-state index in [1.165, 1.54) is 6.92 Å². The van der Waals surface area contributed by atoms with Crippen molar-refractivity contribution in [2.45, 2.75) is 77.7 Å². The summed E-state index contributed by atoms with van der Waals surface area (Å²) in [5.41, 5.74) is -0.0675. The molecule has 224 valence electrons. The number of ether oxygens (including phenoxy) is 1. The molecule has 3 N–H and O–H groups in total. The van der Waals surface area contributed by atoms with Gasteiger partial charge in [0.1, 0.15) is 28.2 Å². The number of rotatable bonds is 15. The smallest absolute Gasteiger partial charge is 0.343 e. The number of carboxylic acid groups (broad SMARTS) is 1. The second-order valence-electron chi connectivity index (χ2n) is 10.2. The number of aliphatic hydroxyl groups is 1. The SMILES string of the molecule is CCCC[C@@H](O)[C@H](/C=C/C=C\CCOc1ccc(C(C)=O)c(O)c1CCC)c1oc2c(c(=O)c1C(=O)O)=CCC(=S)C=2. The van der Waals surface area contributed by atoms with Crippen molar-refractivity contribution in [1.29, 1.82) is 0 Å². The minimum atomic E-state index is -1.42. The van der Waals surface area contributed by atoms with Crippen LogP contribution in [0, 0.1) is 0 Å². The number of benzene rings is 1. The first-order valence-corrected chi connectivity index (χ1v) is 14.7. The Kier molecular flexibility index (Phi) is 12.0. The molecule has 1 aromatic carbocycles. The number of aliphatic hydroxyl groups excluding tert-OH is 1. The molecule has 0 bridgehead atoms. The summed E-state index contributed by atoms with van der Waals surface area (Å²) >= 11 is 5.25. The molecule has 1 aliphatic carbocycles. The Balaban J connectivity index is 1.82. The number of fused-ring (bicyclic) bond motifs is 1. The van der Waals surface area contributed by atoms with Crippen LogP contribution in [-0.4, -0.2) is 44.6 Å². The second-order valence-corrected chi connectivity index (χ2v) is 10.7. The van der Waals surface area contributed by atoms with Crippen molar-refractivity contribution in [2.24, 2.45) is 0 Å². The monoisotopic (exact) mass is 594 g/mol. The fourth-order valence-corrected chi connectivity index (χ4v) is 5.03. The maximum Gasteiger partial charge on any atom is 0.343 e. The number of hydrogen-bond donors (Lipinski definition) is 3. The predicted octanol–water partition coefficient (Wildman–Crippen LogP) is 4.75. The van der Waals surface area contributed by atoms with Crippen molar-refractivity contribution in [1.82, 2.24) is 0 Å². The largest absolute Gasteiger partial charge is 0.507 e. The molecule has 2 aromatic rings. The van der Waals surface area contributed by atoms with Crippen molar-refractivity contribution in [3.05, 3.63) is 79.7 Å². The van der Waals surface area contributed by atoms with Gasteiger partial charge in [0.25, 0.3) is 0 Å². The number of allylic oxidation sites excluding steroid dienone is 2. The number of phenols is 1. The molecule has 42 heavy (non-hydrogen) atoms. The fourth-order valence-electron chi connectivity index (χ4n) is 4.84. The Morgan fingerprint density at radius 1 is 1.19 bits per heavy atom. The third-order valence-corrected chi connectivity index (χ3v) is 7.30. The van der Waals surface area contributed by atoms with E-state index in [9.17, 15) is 29.7 Å². The zero-order valence-electron chi connectivity index (χ0n) is 24.2. The summed E-state index contributed by atoms with van der Waals surface area (Å²) in [6.45, 7) is 5.69. The lowest BCUT2D eigenvalue weighted by Crippen LogP contribution is -2.45. The van der Waals surface area contributed by atoms with E-state index in [0.29, 0.717) is 54.9 Å². The molecule has 1 aliphatic rings. The predicted molar refractivity (Wildman–Crippen MR) is 166 cm³/mol. The van der Waals surface area contributed by atoms with Gasteiger partial charge in [-0.2, -0.15) is 0 Å². The van der Waals surface area contributed by atoms with E-state index in [1.807, 2.05) is 19.9 Å². The average Bonchev–Trinajstić information content (AvgIpc) is 2.94. The standard InChI is InChI=1S/C33H38O8S/c1-4-6-13-26(35)23(32-29(33(38)39)31(37)25-15-14-21(42)19-28(25)41-32)12-9-7-8-10-18-40-27-17-16-22(20(3)34)30(36)24(27)11-5-2/h7-9,12,15-17,19,23,26,35-36H,4-6,10-11,13-14,18H2,1-3H3,(H,38,39)/b8-7-,12-9+/t23-,26+/m0/s1. The normalized spacial score (nSPS) is 14.3. The number of aromatic carboxylic acids is 1. The van der Waals surface area contributed by atoms with Crippen LogP contribution < -0.4 is 20.8 Å². The highest BCUT2D eigenvalue weighted by atomic mass is 32.1. The molecule has 0 saturated carbocycles. The minimum Gasteiger partial charge on any atom is -0.507 e. The third-order valence-electron chi connectivity index (χ3n) is 7.01. The number of hydrogen-bond acceptors (Lipinski definition) is 8. The van der Waals surface area contributed by atoms with Gasteiger partial charge in [0.15, 0.2) is 5.78 Å². The Morgan fingerprint density at radius 2 is 1.95 bits per heavy atom. The minimum absolute atomic E-state index is 0.0418. The maximum absolute atomic E-state index is 13.1. The number of unbranched alkanes of at least 4 members (excludes halogenated alkanes) is 1. The van der Waals surface area contributed by atoms with Crippen molar-refractivity contribution >= 4 is 41.0 Å². The summed E-state index contributed by atoms with van der Waals surface area (Å²) in [4.78, 5) is 37.6. The molecule has 8 nitrogen and oxygen atoms in total. The van der Waals surface area contributed by atoms with Gasteiger partial charge < -0.3 is 24.5 Å². The Bertz CT molecular complexity index is 1560. The molecule has 1 aromatic heterocycles. The zero-order valence-corrected chi connectivity index (χ0v) is 25.0. The van der Waals surface area contributed by atoms with E-state index in [2.05, 4.69) is 0 Å². The molecule has 0 radical (unpaired) electrons. The van der Waals surface area contributed by atoms with Crippen molar-refractivity contribution in [3.8, 4) is 11.5 Å². The molecule has 0 fully saturated rings. The van der Waals surface area contributed by atoms with E-state index in [4.69, 9.17) is 21.4 Å². The molecule has 0 spiro atoms. The highest BCUT2D eigenvalue weighted by molar-refractivity contribution is 7.81. The van der Waals surface area contributed by atoms with Gasteiger partial charge in [0.2, 0.25) is 5.43 Å². The third kappa shape index (κ3) is 7.92. The van der Waals surface area contributed by atoms with E-state index in [1.54, 1.807) is 42.5 Å². The summed E-state index contributed by atoms with van der Waals surface area (Å²) in [5.74, 6) is -2.12. The number of ketones is 1. The lowest BCUT2D eigenvalue weighted by atomic mass is 9.91. The first kappa shape index (κ1) is 32.7. The number of thiocarbonyl (C=S) groups is 1. The van der Waals surface area contributed by atoms with Gasteiger partial charge in [-0.3, -0.25) is 9.59 Å². The van der Waals surface area contributed by atoms with Gasteiger partial charge in [-0.25, -0.2) is 4.79 Å². The maximum atomic E-state index is 13.1. The van der Waals surface area contributed by atoms with Gasteiger partial charge in [0.05, 0.1) is 29.4 Å². The molecule has 0 aliphatic heterocycles. The van der Waals surface area contributed by atoms with Crippen LogP contribution in [0.3, 0.4) is 0 Å². The highest BCUT2D eigenvalue weighted by Crippen LogP contribution is 2.33. The van der Waals surface area contributed by atoms with E-state index < -0.39 is 29.0 Å². The summed E-state index contributed by atoms with van der Waals surface area (Å²) in [5, 5.41) is 31.6. The molecule has 1 heterocycles. The number of carbonyl (C=O) groups excluding carboxylic acids is 1. The topological polar surface area (TPSA) is 134 Å². The Morgan fingerprint density at radius 3 is 2.62 bits per heavy atom. The van der Waals surface area contributed by atoms with Gasteiger partial charge in [-0.15, -0.1) is 0 Å². The van der Waals surface area contributed by atoms with Gasteiger partial charge in [-0.1, -0.05) is 75.7 Å². The highest BCUT2D eigenvalue weighted by Gasteiger charge is 2.29. The van der Waals surface area contributed by atoms with E-state index in [-0.39, 0.29) is 33.5 Å². The molecule has 0 saturated heterocycles. The molecular formula is C33H38O8S. The Labute approximate surface area is 250 Å². The average molecular weight is 595 g/mol. The summed E-state index contributed by atoms with van der Waals surface area (Å²) in [7, 11) is 0. The number of phenolic OH excluding ortho intramolecular Hbond substituents is 1. The van der Waals surface area contributed by atoms with Crippen LogP contribution in [0.15, 0.2) is 45.6 Å². The molecular weight excluding hydrogens is 556 g/mol. The number of aromatic hydroxyl groups is 1. The van der Waals surface area contributed by atoms with Crippen LogP contribution in [0.2, 0.25) is 0 Å². The second kappa shape index (κ2) is 15.4.